The molecule has 1 aliphatic heterocycles. The quantitative estimate of drug-likeness (QED) is 0.356. The van der Waals surface area contributed by atoms with Crippen molar-refractivity contribution in [1.29, 1.82) is 0 Å². The van der Waals surface area contributed by atoms with E-state index in [-0.39, 0.29) is 0 Å². The zero-order valence-corrected chi connectivity index (χ0v) is 21.6. The first-order valence-electron chi connectivity index (χ1n) is 13.0. The van der Waals surface area contributed by atoms with Gasteiger partial charge in [-0.3, -0.25) is 0 Å². The van der Waals surface area contributed by atoms with Gasteiger partial charge in [0.05, 0.1) is 17.8 Å². The van der Waals surface area contributed by atoms with Gasteiger partial charge in [-0.2, -0.15) is 5.10 Å². The van der Waals surface area contributed by atoms with Crippen LogP contribution in [-0.4, -0.2) is 56.8 Å². The van der Waals surface area contributed by atoms with Crippen LogP contribution in [0.3, 0.4) is 0 Å². The van der Waals surface area contributed by atoms with Crippen molar-refractivity contribution in [3.63, 3.8) is 0 Å². The summed E-state index contributed by atoms with van der Waals surface area (Å²) >= 11 is 1.84. The topological polar surface area (TPSA) is 92.2 Å². The van der Waals surface area contributed by atoms with Crippen molar-refractivity contribution in [3.05, 3.63) is 29.2 Å². The fourth-order valence-electron chi connectivity index (χ4n) is 5.88. The van der Waals surface area contributed by atoms with Crippen molar-refractivity contribution >= 4 is 27.3 Å². The second-order valence-electron chi connectivity index (χ2n) is 10.4. The highest BCUT2D eigenvalue weighted by Gasteiger charge is 2.28. The Bertz CT molecular complexity index is 1310. The van der Waals surface area contributed by atoms with Crippen molar-refractivity contribution < 1.29 is 4.74 Å². The fraction of sp³-hybridized carbons (Fsp3) is 0.577. The van der Waals surface area contributed by atoms with Crippen LogP contribution in [-0.2, 0) is 0 Å². The molecule has 9 heteroatoms. The van der Waals surface area contributed by atoms with E-state index in [1.54, 1.807) is 18.0 Å². The summed E-state index contributed by atoms with van der Waals surface area (Å²) in [5.74, 6) is 1.63. The van der Waals surface area contributed by atoms with Crippen molar-refractivity contribution in [2.75, 3.05) is 20.2 Å². The Morgan fingerprint density at radius 3 is 2.63 bits per heavy atom. The van der Waals surface area contributed by atoms with Gasteiger partial charge in [0.25, 0.3) is 0 Å². The second-order valence-corrected chi connectivity index (χ2v) is 11.4. The van der Waals surface area contributed by atoms with Crippen LogP contribution in [0.15, 0.2) is 18.6 Å². The number of H-pyrrole nitrogens is 1. The summed E-state index contributed by atoms with van der Waals surface area (Å²) in [6.07, 6.45) is 11.0. The second kappa shape index (κ2) is 9.52. The van der Waals surface area contributed by atoms with Gasteiger partial charge in [0.2, 0.25) is 0 Å². The lowest BCUT2D eigenvalue weighted by Crippen LogP contribution is -2.45. The lowest BCUT2D eigenvalue weighted by Gasteiger charge is -2.33. The van der Waals surface area contributed by atoms with Crippen LogP contribution in [0.5, 0.6) is 5.75 Å². The molecule has 0 bridgehead atoms. The van der Waals surface area contributed by atoms with E-state index in [0.29, 0.717) is 23.9 Å². The van der Waals surface area contributed by atoms with E-state index in [1.165, 1.54) is 53.9 Å². The van der Waals surface area contributed by atoms with E-state index < -0.39 is 0 Å². The summed E-state index contributed by atoms with van der Waals surface area (Å²) in [5.41, 5.74) is 5.26. The molecule has 2 aliphatic rings. The molecule has 1 saturated heterocycles. The third-order valence-electron chi connectivity index (χ3n) is 7.72. The number of methoxy groups -OCH3 is 1. The average Bonchev–Trinajstić information content (AvgIpc) is 3.58. The highest BCUT2D eigenvalue weighted by atomic mass is 32.1. The van der Waals surface area contributed by atoms with Gasteiger partial charge in [0.15, 0.2) is 11.4 Å². The molecule has 8 nitrogen and oxygen atoms in total. The highest BCUT2D eigenvalue weighted by Crippen LogP contribution is 2.42. The minimum atomic E-state index is 0.344. The van der Waals surface area contributed by atoms with Crippen LogP contribution >= 0.6 is 11.3 Å². The lowest BCUT2D eigenvalue weighted by atomic mass is 9.85. The fourth-order valence-corrected chi connectivity index (χ4v) is 7.03. The van der Waals surface area contributed by atoms with Crippen LogP contribution in [0.25, 0.3) is 27.3 Å². The molecule has 4 aromatic heterocycles. The highest BCUT2D eigenvalue weighted by molar-refractivity contribution is 7.18. The number of nitrogens with one attached hydrogen (secondary N) is 3. The number of ether oxygens (including phenoxy) is 1. The Kier molecular flexibility index (Phi) is 6.24. The zero-order valence-electron chi connectivity index (χ0n) is 20.8. The van der Waals surface area contributed by atoms with Crippen LogP contribution in [0.2, 0.25) is 0 Å². The number of nitrogens with zero attached hydrogens (tertiary/aromatic N) is 4. The molecule has 0 amide bonds. The van der Waals surface area contributed by atoms with E-state index in [0.717, 1.165) is 41.3 Å². The third kappa shape index (κ3) is 4.34. The Labute approximate surface area is 209 Å². The van der Waals surface area contributed by atoms with Crippen molar-refractivity contribution in [2.45, 2.75) is 76.3 Å². The minimum Gasteiger partial charge on any atom is -0.493 e. The largest absolute Gasteiger partial charge is 0.493 e. The van der Waals surface area contributed by atoms with Gasteiger partial charge < -0.3 is 20.4 Å². The monoisotopic (exact) mass is 493 g/mol. The summed E-state index contributed by atoms with van der Waals surface area (Å²) in [7, 11) is 1.68. The maximum absolute atomic E-state index is 5.60. The Morgan fingerprint density at radius 2 is 1.89 bits per heavy atom. The number of hydrogen-bond acceptors (Lipinski definition) is 7. The number of thiazole rings is 1. The number of rotatable bonds is 6. The number of aromatic nitrogens is 5. The van der Waals surface area contributed by atoms with E-state index in [2.05, 4.69) is 39.5 Å². The molecule has 0 aromatic carbocycles. The number of aromatic amines is 1. The Hall–Kier alpha value is -2.49. The Morgan fingerprint density at radius 1 is 1.11 bits per heavy atom. The maximum atomic E-state index is 5.60. The third-order valence-corrected chi connectivity index (χ3v) is 8.85. The minimum absolute atomic E-state index is 0.344. The summed E-state index contributed by atoms with van der Waals surface area (Å²) in [6, 6.07) is 3.40. The van der Waals surface area contributed by atoms with Crippen molar-refractivity contribution in [3.8, 4) is 17.0 Å². The van der Waals surface area contributed by atoms with Gasteiger partial charge in [0, 0.05) is 35.3 Å². The van der Waals surface area contributed by atoms with E-state index >= 15 is 0 Å². The maximum Gasteiger partial charge on any atom is 0.197 e. The van der Waals surface area contributed by atoms with Gasteiger partial charge in [0.1, 0.15) is 16.7 Å². The zero-order chi connectivity index (χ0) is 23.9. The molecule has 5 heterocycles. The van der Waals surface area contributed by atoms with Crippen molar-refractivity contribution in [2.24, 2.45) is 0 Å². The van der Waals surface area contributed by atoms with E-state index in [1.807, 2.05) is 23.6 Å². The average molecular weight is 494 g/mol. The number of hydrogen-bond donors (Lipinski definition) is 3. The number of pyridine rings is 1. The summed E-state index contributed by atoms with van der Waals surface area (Å²) in [6.45, 7) is 6.79. The molecule has 0 radical (unpaired) electrons. The first-order chi connectivity index (χ1) is 17.1. The van der Waals surface area contributed by atoms with E-state index in [4.69, 9.17) is 9.72 Å². The van der Waals surface area contributed by atoms with E-state index in [9.17, 15) is 0 Å². The summed E-state index contributed by atoms with van der Waals surface area (Å²) in [5, 5.41) is 13.0. The predicted molar refractivity (Wildman–Crippen MR) is 141 cm³/mol. The van der Waals surface area contributed by atoms with Crippen LogP contribution in [0.4, 0.5) is 0 Å². The molecule has 0 unspecified atom stereocenters. The number of piperidine rings is 1. The molecule has 1 saturated carbocycles. The SMILES string of the molecule is COc1cc(-c2[nH]c3sc(C4CCC(NC5CCNCC5)CC4)nc3c2C(C)C)cn2ncnc12. The Balaban J connectivity index is 1.24. The van der Waals surface area contributed by atoms with Gasteiger partial charge in [-0.15, -0.1) is 11.3 Å². The predicted octanol–water partition coefficient (Wildman–Crippen LogP) is 4.83. The smallest absolute Gasteiger partial charge is 0.197 e. The molecule has 186 valence electrons. The molecule has 6 rings (SSSR count). The van der Waals surface area contributed by atoms with Crippen molar-refractivity contribution in [1.82, 2.24) is 35.2 Å². The van der Waals surface area contributed by atoms with Crippen LogP contribution in [0, 0.1) is 0 Å². The normalized spacial score (nSPS) is 21.9. The van der Waals surface area contributed by atoms with Crippen LogP contribution < -0.4 is 15.4 Å². The molecular formula is C26H35N7OS. The van der Waals surface area contributed by atoms with Gasteiger partial charge >= 0.3 is 0 Å². The molecule has 35 heavy (non-hydrogen) atoms. The van der Waals surface area contributed by atoms with Crippen LogP contribution in [0.1, 0.15) is 74.8 Å². The molecular weight excluding hydrogens is 458 g/mol. The van der Waals surface area contributed by atoms with Gasteiger partial charge in [-0.1, -0.05) is 13.8 Å². The lowest BCUT2D eigenvalue weighted by molar-refractivity contribution is 0.284. The summed E-state index contributed by atoms with van der Waals surface area (Å²) in [4.78, 5) is 14.4. The molecule has 4 aromatic rings. The van der Waals surface area contributed by atoms with Gasteiger partial charge in [-0.25, -0.2) is 14.5 Å². The molecule has 0 spiro atoms. The van der Waals surface area contributed by atoms with Gasteiger partial charge in [-0.05, 0) is 63.6 Å². The summed E-state index contributed by atoms with van der Waals surface area (Å²) < 4.78 is 7.38. The molecule has 0 atom stereocenters. The molecule has 2 fully saturated rings. The number of fused-ring (bicyclic) bond motifs is 2. The molecule has 3 N–H and O–H groups in total. The first kappa shape index (κ1) is 22.9. The standard InChI is InChI=1S/C26H35N7OS/c1-15(2)21-22(17-12-20(34-3)24-28-14-29-33(24)13-17)31-26-23(21)32-25(35-26)16-4-6-18(7-5-16)30-19-8-10-27-11-9-19/h12-16,18-19,27,30-31H,4-11H2,1-3H3. The first-order valence-corrected chi connectivity index (χ1v) is 13.8. The molecule has 1 aliphatic carbocycles.